The van der Waals surface area contributed by atoms with Gasteiger partial charge in [-0.25, -0.2) is 0 Å². The van der Waals surface area contributed by atoms with E-state index in [0.29, 0.717) is 0 Å². The molecular formula is C138H90N6O2S2. The molecule has 0 bridgehead atoms. The minimum atomic E-state index is -0.101. The van der Waals surface area contributed by atoms with Gasteiger partial charge in [-0.05, 0) is 265 Å². The van der Waals surface area contributed by atoms with Crippen LogP contribution in [-0.2, 0) is 10.8 Å². The molecule has 7 aromatic heterocycles. The molecule has 0 fully saturated rings. The van der Waals surface area contributed by atoms with Crippen molar-refractivity contribution in [3.8, 4) is 39.3 Å². The van der Waals surface area contributed by atoms with Gasteiger partial charge in [0.1, 0.15) is 22.3 Å². The van der Waals surface area contributed by atoms with Crippen molar-refractivity contribution in [3.63, 3.8) is 0 Å². The lowest BCUT2D eigenvalue weighted by atomic mass is 9.82. The molecule has 31 aromatic rings. The third-order valence-electron chi connectivity index (χ3n) is 32.1. The number of rotatable bonds is 12. The predicted octanol–water partition coefficient (Wildman–Crippen LogP) is 39.7. The Morgan fingerprint density at radius 1 is 0.182 bits per heavy atom. The van der Waals surface area contributed by atoms with Crippen molar-refractivity contribution in [2.24, 2.45) is 0 Å². The van der Waals surface area contributed by atoms with Crippen LogP contribution in [0.2, 0.25) is 0 Å². The summed E-state index contributed by atoms with van der Waals surface area (Å²) in [7, 11) is 0. The monoisotopic (exact) mass is 1930 g/mol. The quantitative estimate of drug-likeness (QED) is 0.114. The van der Waals surface area contributed by atoms with Crippen LogP contribution in [0.25, 0.3) is 221 Å². The van der Waals surface area contributed by atoms with E-state index in [4.69, 9.17) is 8.83 Å². The van der Waals surface area contributed by atoms with E-state index in [1.807, 2.05) is 46.9 Å². The number of fused-ring (bicyclic) bond motifs is 18. The molecule has 0 saturated carbocycles. The molecule has 33 rings (SSSR count). The van der Waals surface area contributed by atoms with E-state index in [9.17, 15) is 0 Å². The third kappa shape index (κ3) is 12.6. The molecule has 0 unspecified atom stereocenters. The van der Waals surface area contributed by atoms with Gasteiger partial charge >= 0.3 is 0 Å². The van der Waals surface area contributed by atoms with E-state index in [1.54, 1.807) is 0 Å². The van der Waals surface area contributed by atoms with Crippen molar-refractivity contribution in [1.29, 1.82) is 0 Å². The third-order valence-corrected chi connectivity index (χ3v) is 34.4. The lowest BCUT2D eigenvalue weighted by molar-refractivity contribution is 0.660. The standard InChI is InChI=1S/C50H38N2.C44H26N2O2.C44H26N2S2/c1-49(2)41-18-7-5-16-37(41)39-26-24-35(29-43(39)49)51(36-25-27-40-38-17-6-8-19-42(38)50(3,4)44(40)30-36)33-14-11-15-34(28-33)52-45-20-9-12-31-22-23-32-13-10-21-46(52)48(32)47(31)45;2*1-3-16-39-33(12-1)35-22-20-31(25-41(35)47-39)45(32-21-23-36-34-13-2-4-17-40(34)48-42(36)26-32)29-10-7-11-30(24-29)46-37-14-5-8-27-18-19-28-9-6-15-38(46)44(28)43(27)37/h5-30H,1-4H3;2*1-26H. The average Bonchev–Trinajstić information content (AvgIpc) is 1.57. The molecule has 0 amide bonds. The van der Waals surface area contributed by atoms with E-state index in [-0.39, 0.29) is 10.8 Å². The minimum absolute atomic E-state index is 0.101. The second kappa shape index (κ2) is 32.1. The van der Waals surface area contributed by atoms with Crippen LogP contribution < -0.4 is 14.7 Å². The molecule has 0 aliphatic heterocycles. The zero-order valence-corrected chi connectivity index (χ0v) is 83.0. The molecule has 0 saturated heterocycles. The van der Waals surface area contributed by atoms with Crippen LogP contribution in [0.4, 0.5) is 51.2 Å². The highest BCUT2D eigenvalue weighted by Crippen LogP contribution is 2.56. The number of hydrogen-bond acceptors (Lipinski definition) is 7. The molecule has 10 heteroatoms. The van der Waals surface area contributed by atoms with Gasteiger partial charge in [-0.2, -0.15) is 0 Å². The summed E-state index contributed by atoms with van der Waals surface area (Å²) < 4.78 is 25.3. The fourth-order valence-electron chi connectivity index (χ4n) is 25.4. The maximum atomic E-state index is 6.38. The lowest BCUT2D eigenvalue weighted by Gasteiger charge is -2.30. The Balaban J connectivity index is 0.000000100. The fourth-order valence-corrected chi connectivity index (χ4v) is 27.7. The maximum absolute atomic E-state index is 6.38. The molecule has 0 radical (unpaired) electrons. The first-order chi connectivity index (χ1) is 72.9. The Hall–Kier alpha value is -18.3. The van der Waals surface area contributed by atoms with Crippen molar-refractivity contribution in [3.05, 3.63) is 495 Å². The first-order valence-electron chi connectivity index (χ1n) is 51.0. The summed E-state index contributed by atoms with van der Waals surface area (Å²) in [6.45, 7) is 9.48. The van der Waals surface area contributed by atoms with E-state index in [2.05, 4.69) is 505 Å². The topological polar surface area (TPSA) is 50.8 Å². The summed E-state index contributed by atoms with van der Waals surface area (Å²) in [5, 5.41) is 25.3. The van der Waals surface area contributed by atoms with Crippen LogP contribution in [0.5, 0.6) is 0 Å². The number of aromatic nitrogens is 3. The number of hydrogen-bond donors (Lipinski definition) is 0. The van der Waals surface area contributed by atoms with E-state index < -0.39 is 0 Å². The molecule has 0 N–H and O–H groups in total. The van der Waals surface area contributed by atoms with Gasteiger partial charge in [-0.1, -0.05) is 301 Å². The smallest absolute Gasteiger partial charge is 0.137 e. The van der Waals surface area contributed by atoms with Crippen LogP contribution in [0.15, 0.2) is 482 Å². The van der Waals surface area contributed by atoms with Gasteiger partial charge in [0.2, 0.25) is 0 Å². The number of anilines is 9. The number of thiophene rings is 2. The zero-order chi connectivity index (χ0) is 97.6. The average molecular weight is 1930 g/mol. The number of para-hydroxylation sites is 2. The van der Waals surface area contributed by atoms with E-state index in [1.165, 1.54) is 194 Å². The second-order valence-electron chi connectivity index (χ2n) is 40.9. The first-order valence-corrected chi connectivity index (χ1v) is 52.6. The molecule has 148 heavy (non-hydrogen) atoms. The van der Waals surface area contributed by atoms with Gasteiger partial charge in [0, 0.05) is 185 Å². The SMILES string of the molecule is CC1(C)c2ccccc2-c2ccc(N(c3cccc(-n4c5cccc6ccc7cccc4c7c65)c3)c3ccc4c(c3)C(C)(C)c3ccccc3-4)cc21.c1cc(N(c2ccc3c(c2)oc2ccccc23)c2ccc3c(c2)oc2ccccc23)cc(-n2c3cccc4ccc5cccc2c5c43)c1.c1cc(N(c2ccc3c(c2)sc2ccccc23)c2ccc3c(c2)sc2ccccc23)cc(-n2c3cccc4ccc5cccc2c5c43)c1. The molecular weight excluding hydrogens is 1840 g/mol. The lowest BCUT2D eigenvalue weighted by Crippen LogP contribution is -2.18. The molecule has 0 atom stereocenters. The van der Waals surface area contributed by atoms with Crippen LogP contribution in [0.1, 0.15) is 49.9 Å². The molecule has 7 heterocycles. The van der Waals surface area contributed by atoms with Crippen LogP contribution >= 0.6 is 22.7 Å². The number of benzene rings is 24. The minimum Gasteiger partial charge on any atom is -0.456 e. The summed E-state index contributed by atoms with van der Waals surface area (Å²) in [6, 6.07) is 173. The van der Waals surface area contributed by atoms with Crippen molar-refractivity contribution in [2.45, 2.75) is 38.5 Å². The Labute approximate surface area is 859 Å². The Morgan fingerprint density at radius 3 is 0.791 bits per heavy atom. The molecule has 8 nitrogen and oxygen atoms in total. The van der Waals surface area contributed by atoms with Crippen molar-refractivity contribution < 1.29 is 8.83 Å². The predicted molar refractivity (Wildman–Crippen MR) is 628 cm³/mol. The van der Waals surface area contributed by atoms with Gasteiger partial charge in [-0.15, -0.1) is 22.7 Å². The highest BCUT2D eigenvalue weighted by Gasteiger charge is 2.39. The number of nitrogens with zero attached hydrogens (tertiary/aromatic N) is 6. The van der Waals surface area contributed by atoms with E-state index in [0.717, 1.165) is 101 Å². The summed E-state index contributed by atoms with van der Waals surface area (Å²) in [6.07, 6.45) is 0. The molecule has 696 valence electrons. The summed E-state index contributed by atoms with van der Waals surface area (Å²) in [4.78, 5) is 7.21. The highest BCUT2D eigenvalue weighted by molar-refractivity contribution is 7.26. The second-order valence-corrected chi connectivity index (χ2v) is 43.1. The summed E-state index contributed by atoms with van der Waals surface area (Å²) >= 11 is 3.73. The number of furan rings is 2. The van der Waals surface area contributed by atoms with Gasteiger partial charge in [0.25, 0.3) is 0 Å². The van der Waals surface area contributed by atoms with Crippen LogP contribution in [-0.4, -0.2) is 13.7 Å². The van der Waals surface area contributed by atoms with Crippen LogP contribution in [0.3, 0.4) is 0 Å². The summed E-state index contributed by atoms with van der Waals surface area (Å²) in [5.41, 5.74) is 34.9. The Morgan fingerprint density at radius 2 is 0.439 bits per heavy atom. The summed E-state index contributed by atoms with van der Waals surface area (Å²) in [5.74, 6) is 0. The van der Waals surface area contributed by atoms with Gasteiger partial charge in [0.15, 0.2) is 0 Å². The van der Waals surface area contributed by atoms with Crippen LogP contribution in [0, 0.1) is 0 Å². The van der Waals surface area contributed by atoms with Crippen molar-refractivity contribution in [1.82, 2.24) is 13.7 Å². The van der Waals surface area contributed by atoms with E-state index >= 15 is 0 Å². The molecule has 2 aliphatic rings. The van der Waals surface area contributed by atoms with Gasteiger partial charge < -0.3 is 37.2 Å². The normalized spacial score (nSPS) is 13.1. The fraction of sp³-hybridized carbons (Fsp3) is 0.0435. The molecule has 2 aliphatic carbocycles. The molecule has 24 aromatic carbocycles. The first kappa shape index (κ1) is 84.2. The van der Waals surface area contributed by atoms with Crippen molar-refractivity contribution >= 4 is 256 Å². The highest BCUT2D eigenvalue weighted by atomic mass is 32.1. The van der Waals surface area contributed by atoms with Gasteiger partial charge in [0.05, 0.1) is 33.1 Å². The Kier molecular flexibility index (Phi) is 18.3. The largest absolute Gasteiger partial charge is 0.456 e. The van der Waals surface area contributed by atoms with Crippen molar-refractivity contribution in [2.75, 3.05) is 14.7 Å². The van der Waals surface area contributed by atoms with Gasteiger partial charge in [-0.3, -0.25) is 0 Å². The zero-order valence-electron chi connectivity index (χ0n) is 81.3. The maximum Gasteiger partial charge on any atom is 0.137 e. The Bertz CT molecular complexity index is 9980. The molecule has 0 spiro atoms.